The number of nitrogens with one attached hydrogen (secondary N) is 1. The molecule has 4 nitrogen and oxygen atoms in total. The molecule has 0 radical (unpaired) electrons. The minimum absolute atomic E-state index is 0.328. The van der Waals surface area contributed by atoms with Crippen LogP contribution in [0, 0.1) is 6.92 Å². The SMILES string of the molecule is CCNC(COC)Cc1cc(C)ncn1. The Balaban J connectivity index is 2.56. The molecule has 15 heavy (non-hydrogen) atoms. The lowest BCUT2D eigenvalue weighted by atomic mass is 10.1. The van der Waals surface area contributed by atoms with Crippen molar-refractivity contribution in [2.24, 2.45) is 0 Å². The van der Waals surface area contributed by atoms with Crippen molar-refractivity contribution in [2.75, 3.05) is 20.3 Å². The van der Waals surface area contributed by atoms with E-state index in [1.165, 1.54) is 0 Å². The van der Waals surface area contributed by atoms with Crippen LogP contribution in [0.15, 0.2) is 12.4 Å². The Hall–Kier alpha value is -1.00. The van der Waals surface area contributed by atoms with Crippen LogP contribution in [0.5, 0.6) is 0 Å². The fourth-order valence-corrected chi connectivity index (χ4v) is 1.55. The van der Waals surface area contributed by atoms with E-state index in [1.807, 2.05) is 13.0 Å². The maximum Gasteiger partial charge on any atom is 0.115 e. The van der Waals surface area contributed by atoms with Crippen LogP contribution in [0.3, 0.4) is 0 Å². The summed E-state index contributed by atoms with van der Waals surface area (Å²) in [5, 5.41) is 3.37. The van der Waals surface area contributed by atoms with Gasteiger partial charge in [-0.3, -0.25) is 0 Å². The van der Waals surface area contributed by atoms with Gasteiger partial charge in [-0.1, -0.05) is 6.92 Å². The molecule has 0 spiro atoms. The van der Waals surface area contributed by atoms with Gasteiger partial charge in [-0.25, -0.2) is 9.97 Å². The maximum atomic E-state index is 5.15. The average molecular weight is 209 g/mol. The predicted octanol–water partition coefficient (Wildman–Crippen LogP) is 0.952. The normalized spacial score (nSPS) is 12.7. The summed E-state index contributed by atoms with van der Waals surface area (Å²) in [7, 11) is 1.72. The summed E-state index contributed by atoms with van der Waals surface area (Å²) in [6.45, 7) is 5.71. The van der Waals surface area contributed by atoms with E-state index in [0.29, 0.717) is 12.6 Å². The van der Waals surface area contributed by atoms with Crippen molar-refractivity contribution in [3.8, 4) is 0 Å². The van der Waals surface area contributed by atoms with E-state index in [9.17, 15) is 0 Å². The number of hydrogen-bond acceptors (Lipinski definition) is 4. The summed E-state index contributed by atoms with van der Waals surface area (Å²) in [6, 6.07) is 2.34. The lowest BCUT2D eigenvalue weighted by Crippen LogP contribution is -2.35. The molecular formula is C11H19N3O. The fraction of sp³-hybridized carbons (Fsp3) is 0.636. The van der Waals surface area contributed by atoms with E-state index >= 15 is 0 Å². The van der Waals surface area contributed by atoms with Crippen molar-refractivity contribution in [1.82, 2.24) is 15.3 Å². The second kappa shape index (κ2) is 6.48. The number of aryl methyl sites for hydroxylation is 1. The van der Waals surface area contributed by atoms with E-state index in [4.69, 9.17) is 4.74 Å². The molecule has 0 amide bonds. The summed E-state index contributed by atoms with van der Waals surface area (Å²) < 4.78 is 5.15. The predicted molar refractivity (Wildman–Crippen MR) is 59.8 cm³/mol. The Morgan fingerprint density at radius 3 is 2.87 bits per heavy atom. The topological polar surface area (TPSA) is 47.0 Å². The molecule has 1 aromatic rings. The lowest BCUT2D eigenvalue weighted by molar-refractivity contribution is 0.166. The van der Waals surface area contributed by atoms with Gasteiger partial charge in [0.25, 0.3) is 0 Å². The molecule has 0 aliphatic carbocycles. The molecule has 1 heterocycles. The van der Waals surface area contributed by atoms with Gasteiger partial charge in [-0.2, -0.15) is 0 Å². The third kappa shape index (κ3) is 4.36. The van der Waals surface area contributed by atoms with Crippen LogP contribution in [0.25, 0.3) is 0 Å². The zero-order chi connectivity index (χ0) is 11.1. The number of methoxy groups -OCH3 is 1. The molecule has 0 bridgehead atoms. The maximum absolute atomic E-state index is 5.15. The first-order chi connectivity index (χ1) is 7.26. The summed E-state index contributed by atoms with van der Waals surface area (Å²) >= 11 is 0. The molecule has 0 fully saturated rings. The van der Waals surface area contributed by atoms with Crippen LogP contribution in [0.2, 0.25) is 0 Å². The Morgan fingerprint density at radius 2 is 2.27 bits per heavy atom. The first kappa shape index (κ1) is 12.1. The zero-order valence-corrected chi connectivity index (χ0v) is 9.66. The number of hydrogen-bond donors (Lipinski definition) is 1. The first-order valence-corrected chi connectivity index (χ1v) is 5.26. The van der Waals surface area contributed by atoms with Crippen LogP contribution < -0.4 is 5.32 Å². The number of ether oxygens (including phenoxy) is 1. The minimum atomic E-state index is 0.328. The van der Waals surface area contributed by atoms with Crippen LogP contribution in [-0.4, -0.2) is 36.3 Å². The van der Waals surface area contributed by atoms with Crippen LogP contribution in [0.4, 0.5) is 0 Å². The number of rotatable bonds is 6. The highest BCUT2D eigenvalue weighted by atomic mass is 16.5. The van der Waals surface area contributed by atoms with Crippen molar-refractivity contribution in [1.29, 1.82) is 0 Å². The van der Waals surface area contributed by atoms with Crippen molar-refractivity contribution >= 4 is 0 Å². The first-order valence-electron chi connectivity index (χ1n) is 5.26. The second-order valence-corrected chi connectivity index (χ2v) is 3.56. The van der Waals surface area contributed by atoms with Crippen LogP contribution >= 0.6 is 0 Å². The van der Waals surface area contributed by atoms with Crippen molar-refractivity contribution in [2.45, 2.75) is 26.3 Å². The molecule has 1 N–H and O–H groups in total. The standard InChI is InChI=1S/C11H19N3O/c1-4-12-11(7-15-3)6-10-5-9(2)13-8-14-10/h5,8,11-12H,4,6-7H2,1-3H3. The largest absolute Gasteiger partial charge is 0.383 e. The lowest BCUT2D eigenvalue weighted by Gasteiger charge is -2.16. The summed E-state index contributed by atoms with van der Waals surface area (Å²) in [5.74, 6) is 0. The van der Waals surface area contributed by atoms with Crippen molar-refractivity contribution < 1.29 is 4.74 Å². The van der Waals surface area contributed by atoms with Crippen LogP contribution in [-0.2, 0) is 11.2 Å². The van der Waals surface area contributed by atoms with Crippen molar-refractivity contribution in [3.63, 3.8) is 0 Å². The molecule has 1 atom stereocenters. The van der Waals surface area contributed by atoms with Crippen molar-refractivity contribution in [3.05, 3.63) is 23.8 Å². The third-order valence-electron chi connectivity index (χ3n) is 2.18. The summed E-state index contributed by atoms with van der Waals surface area (Å²) in [4.78, 5) is 8.31. The van der Waals surface area contributed by atoms with Gasteiger partial charge in [0.2, 0.25) is 0 Å². The van der Waals surface area contributed by atoms with Gasteiger partial charge >= 0.3 is 0 Å². The van der Waals surface area contributed by atoms with Gasteiger partial charge in [-0.05, 0) is 19.5 Å². The molecule has 1 unspecified atom stereocenters. The van der Waals surface area contributed by atoms with Gasteiger partial charge in [0, 0.05) is 31.0 Å². The van der Waals surface area contributed by atoms with E-state index in [1.54, 1.807) is 13.4 Å². The van der Waals surface area contributed by atoms with E-state index in [2.05, 4.69) is 22.2 Å². The molecule has 1 rings (SSSR count). The summed E-state index contributed by atoms with van der Waals surface area (Å²) in [5.41, 5.74) is 2.07. The smallest absolute Gasteiger partial charge is 0.115 e. The molecule has 84 valence electrons. The highest BCUT2D eigenvalue weighted by Gasteiger charge is 2.08. The Labute approximate surface area is 91.1 Å². The average Bonchev–Trinajstić information content (AvgIpc) is 2.18. The third-order valence-corrected chi connectivity index (χ3v) is 2.18. The van der Waals surface area contributed by atoms with Crippen LogP contribution in [0.1, 0.15) is 18.3 Å². The summed E-state index contributed by atoms with van der Waals surface area (Å²) in [6.07, 6.45) is 2.49. The molecule has 0 aliphatic rings. The molecule has 0 aliphatic heterocycles. The molecule has 4 heteroatoms. The molecule has 0 saturated carbocycles. The van der Waals surface area contributed by atoms with Gasteiger partial charge in [0.15, 0.2) is 0 Å². The van der Waals surface area contributed by atoms with E-state index in [-0.39, 0.29) is 0 Å². The van der Waals surface area contributed by atoms with Gasteiger partial charge in [-0.15, -0.1) is 0 Å². The number of nitrogens with zero attached hydrogens (tertiary/aromatic N) is 2. The molecule has 0 saturated heterocycles. The minimum Gasteiger partial charge on any atom is -0.383 e. The Morgan fingerprint density at radius 1 is 1.47 bits per heavy atom. The van der Waals surface area contributed by atoms with E-state index in [0.717, 1.165) is 24.4 Å². The van der Waals surface area contributed by atoms with Gasteiger partial charge in [0.05, 0.1) is 6.61 Å². The second-order valence-electron chi connectivity index (χ2n) is 3.56. The molecular weight excluding hydrogens is 190 g/mol. The van der Waals surface area contributed by atoms with Gasteiger partial charge < -0.3 is 10.1 Å². The van der Waals surface area contributed by atoms with Gasteiger partial charge in [0.1, 0.15) is 6.33 Å². The quantitative estimate of drug-likeness (QED) is 0.758. The van der Waals surface area contributed by atoms with E-state index < -0.39 is 0 Å². The highest BCUT2D eigenvalue weighted by Crippen LogP contribution is 2.01. The monoisotopic (exact) mass is 209 g/mol. The zero-order valence-electron chi connectivity index (χ0n) is 9.66. The Kier molecular flexibility index (Phi) is 5.21. The number of aromatic nitrogens is 2. The fourth-order valence-electron chi connectivity index (χ4n) is 1.55. The molecule has 1 aromatic heterocycles. The molecule has 0 aromatic carbocycles. The highest BCUT2D eigenvalue weighted by molar-refractivity contribution is 5.07. The number of likely N-dealkylation sites (N-methyl/N-ethyl adjacent to an activating group) is 1. The Bertz CT molecular complexity index is 285.